The van der Waals surface area contributed by atoms with Crippen molar-refractivity contribution in [2.24, 2.45) is 5.92 Å². The summed E-state index contributed by atoms with van der Waals surface area (Å²) >= 11 is 0. The molecule has 8 heteroatoms. The van der Waals surface area contributed by atoms with Gasteiger partial charge in [0.2, 0.25) is 5.95 Å². The predicted octanol–water partition coefficient (Wildman–Crippen LogP) is 4.32. The lowest BCUT2D eigenvalue weighted by Gasteiger charge is -2.31. The van der Waals surface area contributed by atoms with Crippen LogP contribution in [0.3, 0.4) is 0 Å². The molecule has 8 nitrogen and oxygen atoms in total. The minimum Gasteiger partial charge on any atom is -0.395 e. The maximum Gasteiger partial charge on any atom is 0.230 e. The van der Waals surface area contributed by atoms with Crippen LogP contribution in [0, 0.1) is 5.92 Å². The molecule has 6 rings (SSSR count). The predicted molar refractivity (Wildman–Crippen MR) is 137 cm³/mol. The number of hydrogen-bond donors (Lipinski definition) is 3. The van der Waals surface area contributed by atoms with Gasteiger partial charge in [-0.05, 0) is 49.3 Å². The average molecular weight is 473 g/mol. The number of pyridine rings is 1. The van der Waals surface area contributed by atoms with Crippen LogP contribution in [0.25, 0.3) is 21.9 Å². The van der Waals surface area contributed by atoms with Crippen molar-refractivity contribution in [1.29, 1.82) is 0 Å². The highest BCUT2D eigenvalue weighted by atomic mass is 16.3. The van der Waals surface area contributed by atoms with Crippen LogP contribution in [0.1, 0.15) is 56.0 Å². The molecule has 0 unspecified atom stereocenters. The van der Waals surface area contributed by atoms with Crippen molar-refractivity contribution in [1.82, 2.24) is 24.4 Å². The van der Waals surface area contributed by atoms with Gasteiger partial charge in [-0.25, -0.2) is 9.97 Å². The van der Waals surface area contributed by atoms with Gasteiger partial charge >= 0.3 is 0 Å². The highest BCUT2D eigenvalue weighted by molar-refractivity contribution is 6.06. The van der Waals surface area contributed by atoms with E-state index in [9.17, 15) is 10.2 Å². The van der Waals surface area contributed by atoms with Gasteiger partial charge in [-0.3, -0.25) is 4.90 Å². The Morgan fingerprint density at radius 3 is 2.69 bits per heavy atom. The van der Waals surface area contributed by atoms with Crippen LogP contribution in [0.15, 0.2) is 42.6 Å². The molecule has 0 spiro atoms. The monoisotopic (exact) mass is 472 g/mol. The molecule has 3 aromatic heterocycles. The van der Waals surface area contributed by atoms with E-state index in [1.54, 1.807) is 0 Å². The summed E-state index contributed by atoms with van der Waals surface area (Å²) in [7, 11) is 0. The van der Waals surface area contributed by atoms with E-state index in [-0.39, 0.29) is 6.61 Å². The largest absolute Gasteiger partial charge is 0.395 e. The van der Waals surface area contributed by atoms with Gasteiger partial charge in [0.25, 0.3) is 0 Å². The summed E-state index contributed by atoms with van der Waals surface area (Å²) in [6, 6.07) is 12.8. The zero-order valence-electron chi connectivity index (χ0n) is 20.1. The lowest BCUT2D eigenvalue weighted by atomic mass is 9.87. The average Bonchev–Trinajstić information content (AvgIpc) is 3.19. The van der Waals surface area contributed by atoms with Crippen LogP contribution in [-0.4, -0.2) is 54.3 Å². The number of aromatic nitrogens is 4. The normalized spacial score (nSPS) is 23.0. The lowest BCUT2D eigenvalue weighted by Crippen LogP contribution is -2.36. The summed E-state index contributed by atoms with van der Waals surface area (Å²) in [5.41, 5.74) is 3.83. The molecular formula is C27H32N6O2. The third-order valence-corrected chi connectivity index (χ3v) is 7.61. The van der Waals surface area contributed by atoms with Crippen molar-refractivity contribution in [3.8, 4) is 0 Å². The first kappa shape index (κ1) is 22.4. The van der Waals surface area contributed by atoms with Crippen molar-refractivity contribution in [3.63, 3.8) is 0 Å². The molecule has 1 aliphatic carbocycles. The lowest BCUT2D eigenvalue weighted by molar-refractivity contribution is 0.0771. The molecule has 1 aromatic carbocycles. The minimum atomic E-state index is -0.688. The summed E-state index contributed by atoms with van der Waals surface area (Å²) in [6.07, 6.45) is 6.04. The molecule has 3 N–H and O–H groups in total. The molecule has 1 aliphatic heterocycles. The third-order valence-electron chi connectivity index (χ3n) is 7.61. The zero-order chi connectivity index (χ0) is 23.9. The van der Waals surface area contributed by atoms with Gasteiger partial charge in [0.15, 0.2) is 0 Å². The number of hydrogen-bond acceptors (Lipinski definition) is 7. The molecule has 1 fully saturated rings. The summed E-state index contributed by atoms with van der Waals surface area (Å²) in [6.45, 7) is 4.10. The van der Waals surface area contributed by atoms with Gasteiger partial charge < -0.3 is 20.1 Å². The molecule has 1 atom stereocenters. The molecule has 2 aliphatic rings. The molecule has 0 saturated heterocycles. The van der Waals surface area contributed by atoms with Crippen molar-refractivity contribution in [3.05, 3.63) is 53.9 Å². The first-order valence-corrected chi connectivity index (χ1v) is 12.6. The standard InChI is InChI=1S/C27H32N6O2/c1-17-6-9-19(10-7-17)33-22-5-3-2-4-20(22)21-14-28-27(31-26(21)33)30-24-11-8-18-15-32(12-13-34)16-23(35)25(18)29-24/h2-5,8,11,14,17,19,23,34-35H,6-7,9-10,12-13,15-16H2,1H3,(H,28,29,30,31)/t17-,19-,23-/m1/s1. The van der Waals surface area contributed by atoms with Gasteiger partial charge in [-0.15, -0.1) is 0 Å². The quantitative estimate of drug-likeness (QED) is 0.398. The highest BCUT2D eigenvalue weighted by Crippen LogP contribution is 2.38. The summed E-state index contributed by atoms with van der Waals surface area (Å²) in [5, 5.41) is 25.4. The number of aliphatic hydroxyl groups excluding tert-OH is 2. The number of rotatable bonds is 5. The van der Waals surface area contributed by atoms with E-state index in [0.717, 1.165) is 22.5 Å². The number of β-amino-alcohol motifs (C(OH)–C–C–N with tert-alkyl or cyclic N) is 2. The van der Waals surface area contributed by atoms with E-state index in [1.807, 2.05) is 23.2 Å². The van der Waals surface area contributed by atoms with Crippen LogP contribution in [0.4, 0.5) is 11.8 Å². The molecule has 0 amide bonds. The maximum atomic E-state index is 10.6. The number of nitrogens with one attached hydrogen (secondary N) is 1. The maximum absolute atomic E-state index is 10.6. The van der Waals surface area contributed by atoms with Crippen LogP contribution >= 0.6 is 0 Å². The Balaban J connectivity index is 1.35. The van der Waals surface area contributed by atoms with Gasteiger partial charge in [0.05, 0.1) is 17.8 Å². The molecule has 1 saturated carbocycles. The van der Waals surface area contributed by atoms with Crippen LogP contribution in [-0.2, 0) is 6.54 Å². The van der Waals surface area contributed by atoms with Crippen molar-refractivity contribution < 1.29 is 10.2 Å². The fraction of sp³-hybridized carbons (Fsp3) is 0.444. The fourth-order valence-electron chi connectivity index (χ4n) is 5.76. The fourth-order valence-corrected chi connectivity index (χ4v) is 5.76. The molecule has 35 heavy (non-hydrogen) atoms. The Labute approximate surface area is 204 Å². The van der Waals surface area contributed by atoms with Crippen molar-refractivity contribution in [2.45, 2.75) is 51.3 Å². The SMILES string of the molecule is C[C@H]1CC[C@H](n2c3ccccc3c3cnc(Nc4ccc5c(n4)[C@H](O)CN(CCO)C5)nc32)CC1. The third kappa shape index (κ3) is 4.16. The summed E-state index contributed by atoms with van der Waals surface area (Å²) < 4.78 is 2.42. The smallest absolute Gasteiger partial charge is 0.230 e. The van der Waals surface area contributed by atoms with E-state index in [1.165, 1.54) is 36.6 Å². The Kier molecular flexibility index (Phi) is 5.88. The van der Waals surface area contributed by atoms with E-state index < -0.39 is 6.10 Å². The highest BCUT2D eigenvalue weighted by Gasteiger charge is 2.26. The summed E-state index contributed by atoms with van der Waals surface area (Å²) in [4.78, 5) is 16.3. The number of aliphatic hydroxyl groups is 2. The van der Waals surface area contributed by atoms with Crippen molar-refractivity contribution in [2.75, 3.05) is 25.0 Å². The minimum absolute atomic E-state index is 0.0750. The zero-order valence-corrected chi connectivity index (χ0v) is 20.1. The first-order valence-electron chi connectivity index (χ1n) is 12.6. The topological polar surface area (TPSA) is 99.3 Å². The van der Waals surface area contributed by atoms with Gasteiger partial charge in [0, 0.05) is 42.6 Å². The second-order valence-electron chi connectivity index (χ2n) is 10.1. The van der Waals surface area contributed by atoms with Gasteiger partial charge in [-0.2, -0.15) is 4.98 Å². The van der Waals surface area contributed by atoms with Crippen LogP contribution in [0.5, 0.6) is 0 Å². The molecule has 182 valence electrons. The molecule has 0 bridgehead atoms. The Morgan fingerprint density at radius 1 is 1.03 bits per heavy atom. The molecule has 0 radical (unpaired) electrons. The van der Waals surface area contributed by atoms with Gasteiger partial charge in [-0.1, -0.05) is 31.2 Å². The second kappa shape index (κ2) is 9.18. The summed E-state index contributed by atoms with van der Waals surface area (Å²) in [5.74, 6) is 1.91. The van der Waals surface area contributed by atoms with E-state index in [0.29, 0.717) is 43.1 Å². The number of anilines is 2. The first-order chi connectivity index (χ1) is 17.1. The number of para-hydroxylation sites is 1. The Hall–Kier alpha value is -3.07. The molecular weight excluding hydrogens is 440 g/mol. The van der Waals surface area contributed by atoms with E-state index in [2.05, 4.69) is 46.1 Å². The second-order valence-corrected chi connectivity index (χ2v) is 10.1. The van der Waals surface area contributed by atoms with Crippen LogP contribution < -0.4 is 5.32 Å². The number of nitrogens with zero attached hydrogens (tertiary/aromatic N) is 5. The Bertz CT molecular complexity index is 1360. The van der Waals surface area contributed by atoms with Crippen LogP contribution in [0.2, 0.25) is 0 Å². The molecule has 4 aromatic rings. The van der Waals surface area contributed by atoms with Gasteiger partial charge in [0.1, 0.15) is 17.6 Å². The number of fused-ring (bicyclic) bond motifs is 4. The molecule has 4 heterocycles. The number of benzene rings is 1. The van der Waals surface area contributed by atoms with E-state index >= 15 is 0 Å². The van der Waals surface area contributed by atoms with Crippen molar-refractivity contribution >= 4 is 33.7 Å². The van der Waals surface area contributed by atoms with E-state index in [4.69, 9.17) is 9.97 Å². The Morgan fingerprint density at radius 2 is 1.86 bits per heavy atom.